The Bertz CT molecular complexity index is 659. The standard InChI is InChI=1S/C17H19NO4/c1-12(17(19)18-11-14-5-4-8-22-14)9-13-6-7-15(20-2)16(10-13)21-3/h4-10H,11H2,1-3H3,(H,18,19)/b12-9+. The van der Waals surface area contributed by atoms with Gasteiger partial charge in [-0.1, -0.05) is 6.07 Å². The van der Waals surface area contributed by atoms with Crippen molar-refractivity contribution in [3.63, 3.8) is 0 Å². The lowest BCUT2D eigenvalue weighted by atomic mass is 10.1. The summed E-state index contributed by atoms with van der Waals surface area (Å²) in [5, 5.41) is 2.80. The predicted molar refractivity (Wildman–Crippen MR) is 83.8 cm³/mol. The van der Waals surface area contributed by atoms with Crippen molar-refractivity contribution < 1.29 is 18.7 Å². The highest BCUT2D eigenvalue weighted by Gasteiger charge is 2.07. The molecule has 5 nitrogen and oxygen atoms in total. The minimum Gasteiger partial charge on any atom is -0.493 e. The summed E-state index contributed by atoms with van der Waals surface area (Å²) in [6, 6.07) is 9.09. The lowest BCUT2D eigenvalue weighted by Crippen LogP contribution is -2.23. The van der Waals surface area contributed by atoms with Crippen molar-refractivity contribution in [2.24, 2.45) is 0 Å². The summed E-state index contributed by atoms with van der Waals surface area (Å²) in [5.74, 6) is 1.85. The molecule has 0 bridgehead atoms. The van der Waals surface area contributed by atoms with Gasteiger partial charge in [-0.15, -0.1) is 0 Å². The molecule has 2 aromatic rings. The van der Waals surface area contributed by atoms with Crippen LogP contribution >= 0.6 is 0 Å². The molecule has 0 spiro atoms. The van der Waals surface area contributed by atoms with Crippen LogP contribution in [-0.2, 0) is 11.3 Å². The normalized spacial score (nSPS) is 11.1. The number of rotatable bonds is 6. The fourth-order valence-corrected chi connectivity index (χ4v) is 1.98. The molecule has 1 aromatic heterocycles. The third-order valence-electron chi connectivity index (χ3n) is 3.15. The molecule has 1 aromatic carbocycles. The quantitative estimate of drug-likeness (QED) is 0.833. The molecule has 5 heteroatoms. The third kappa shape index (κ3) is 3.91. The first kappa shape index (κ1) is 15.7. The molecule has 0 saturated heterocycles. The van der Waals surface area contributed by atoms with E-state index in [1.54, 1.807) is 45.6 Å². The van der Waals surface area contributed by atoms with Crippen molar-refractivity contribution in [2.45, 2.75) is 13.5 Å². The van der Waals surface area contributed by atoms with Crippen LogP contribution in [0.1, 0.15) is 18.2 Å². The van der Waals surface area contributed by atoms with Crippen molar-refractivity contribution >= 4 is 12.0 Å². The molecule has 0 aliphatic heterocycles. The Morgan fingerprint density at radius 2 is 2.00 bits per heavy atom. The van der Waals surface area contributed by atoms with E-state index in [4.69, 9.17) is 13.9 Å². The molecule has 0 unspecified atom stereocenters. The lowest BCUT2D eigenvalue weighted by molar-refractivity contribution is -0.117. The molecule has 0 aliphatic carbocycles. The van der Waals surface area contributed by atoms with Crippen LogP contribution in [0.5, 0.6) is 11.5 Å². The Hall–Kier alpha value is -2.69. The molecular weight excluding hydrogens is 282 g/mol. The smallest absolute Gasteiger partial charge is 0.247 e. The first-order chi connectivity index (χ1) is 10.6. The van der Waals surface area contributed by atoms with Gasteiger partial charge >= 0.3 is 0 Å². The maximum Gasteiger partial charge on any atom is 0.247 e. The fourth-order valence-electron chi connectivity index (χ4n) is 1.98. The van der Waals surface area contributed by atoms with E-state index in [2.05, 4.69) is 5.32 Å². The van der Waals surface area contributed by atoms with Crippen LogP contribution in [-0.4, -0.2) is 20.1 Å². The second-order valence-corrected chi connectivity index (χ2v) is 4.70. The number of amides is 1. The highest BCUT2D eigenvalue weighted by atomic mass is 16.5. The maximum absolute atomic E-state index is 12.0. The SMILES string of the molecule is COc1ccc(/C=C(\C)C(=O)NCc2ccco2)cc1OC. The van der Waals surface area contributed by atoms with Gasteiger partial charge in [0.15, 0.2) is 11.5 Å². The average Bonchev–Trinajstić information content (AvgIpc) is 3.05. The third-order valence-corrected chi connectivity index (χ3v) is 3.15. The van der Waals surface area contributed by atoms with Crippen molar-refractivity contribution in [1.29, 1.82) is 0 Å². The van der Waals surface area contributed by atoms with Gasteiger partial charge in [-0.05, 0) is 42.8 Å². The predicted octanol–water partition coefficient (Wildman–Crippen LogP) is 3.02. The van der Waals surface area contributed by atoms with Crippen LogP contribution in [0.25, 0.3) is 6.08 Å². The highest BCUT2D eigenvalue weighted by molar-refractivity contribution is 5.97. The largest absolute Gasteiger partial charge is 0.493 e. The molecule has 0 fully saturated rings. The summed E-state index contributed by atoms with van der Waals surface area (Å²) in [6.07, 6.45) is 3.37. The van der Waals surface area contributed by atoms with Crippen LogP contribution in [0.2, 0.25) is 0 Å². The second-order valence-electron chi connectivity index (χ2n) is 4.70. The summed E-state index contributed by atoms with van der Waals surface area (Å²) in [6.45, 7) is 2.12. The Kier molecular flexibility index (Phi) is 5.25. The molecule has 1 N–H and O–H groups in total. The van der Waals surface area contributed by atoms with E-state index in [0.29, 0.717) is 29.4 Å². The van der Waals surface area contributed by atoms with E-state index < -0.39 is 0 Å². The van der Waals surface area contributed by atoms with Crippen molar-refractivity contribution in [1.82, 2.24) is 5.32 Å². The summed E-state index contributed by atoms with van der Waals surface area (Å²) in [5.41, 5.74) is 1.46. The minimum absolute atomic E-state index is 0.147. The van der Waals surface area contributed by atoms with Gasteiger partial charge < -0.3 is 19.2 Å². The maximum atomic E-state index is 12.0. The van der Waals surface area contributed by atoms with Crippen LogP contribution in [0.15, 0.2) is 46.6 Å². The van der Waals surface area contributed by atoms with Crippen LogP contribution < -0.4 is 14.8 Å². The first-order valence-electron chi connectivity index (χ1n) is 6.85. The molecule has 116 valence electrons. The van der Waals surface area contributed by atoms with Crippen molar-refractivity contribution in [3.05, 3.63) is 53.5 Å². The van der Waals surface area contributed by atoms with Crippen LogP contribution in [0.3, 0.4) is 0 Å². The van der Waals surface area contributed by atoms with E-state index in [1.165, 1.54) is 0 Å². The summed E-state index contributed by atoms with van der Waals surface area (Å²) < 4.78 is 15.6. The molecule has 0 atom stereocenters. The van der Waals surface area contributed by atoms with Crippen LogP contribution in [0.4, 0.5) is 0 Å². The van der Waals surface area contributed by atoms with E-state index in [-0.39, 0.29) is 5.91 Å². The van der Waals surface area contributed by atoms with E-state index in [1.807, 2.05) is 18.2 Å². The van der Waals surface area contributed by atoms with Gasteiger partial charge in [0.1, 0.15) is 5.76 Å². The number of hydrogen-bond acceptors (Lipinski definition) is 4. The second kappa shape index (κ2) is 7.36. The number of methoxy groups -OCH3 is 2. The topological polar surface area (TPSA) is 60.7 Å². The van der Waals surface area contributed by atoms with Gasteiger partial charge in [-0.3, -0.25) is 4.79 Å². The number of furan rings is 1. The number of carbonyl (C=O) groups is 1. The molecule has 0 saturated carbocycles. The van der Waals surface area contributed by atoms with Gasteiger partial charge in [-0.25, -0.2) is 0 Å². The van der Waals surface area contributed by atoms with Crippen molar-refractivity contribution in [2.75, 3.05) is 14.2 Å². The fraction of sp³-hybridized carbons (Fsp3) is 0.235. The Morgan fingerprint density at radius 1 is 1.23 bits per heavy atom. The first-order valence-corrected chi connectivity index (χ1v) is 6.85. The molecule has 22 heavy (non-hydrogen) atoms. The molecule has 1 amide bonds. The molecule has 2 rings (SSSR count). The van der Waals surface area contributed by atoms with Crippen LogP contribution in [0, 0.1) is 0 Å². The molecular formula is C17H19NO4. The highest BCUT2D eigenvalue weighted by Crippen LogP contribution is 2.28. The Morgan fingerprint density at radius 3 is 2.64 bits per heavy atom. The van der Waals surface area contributed by atoms with Gasteiger partial charge in [-0.2, -0.15) is 0 Å². The van der Waals surface area contributed by atoms with E-state index >= 15 is 0 Å². The zero-order valence-electron chi connectivity index (χ0n) is 12.9. The molecule has 0 aliphatic rings. The number of nitrogens with one attached hydrogen (secondary N) is 1. The lowest BCUT2D eigenvalue weighted by Gasteiger charge is -2.08. The summed E-state index contributed by atoms with van der Waals surface area (Å²) in [4.78, 5) is 12.0. The number of carbonyl (C=O) groups excluding carboxylic acids is 1. The van der Waals surface area contributed by atoms with Gasteiger partial charge in [0, 0.05) is 5.57 Å². The zero-order valence-corrected chi connectivity index (χ0v) is 12.9. The molecule has 1 heterocycles. The van der Waals surface area contributed by atoms with E-state index in [0.717, 1.165) is 5.56 Å². The van der Waals surface area contributed by atoms with Gasteiger partial charge in [0.05, 0.1) is 27.0 Å². The number of hydrogen-bond donors (Lipinski definition) is 1. The Labute approximate surface area is 129 Å². The summed E-state index contributed by atoms with van der Waals surface area (Å²) in [7, 11) is 3.16. The monoisotopic (exact) mass is 301 g/mol. The Balaban J connectivity index is 2.05. The average molecular weight is 301 g/mol. The number of ether oxygens (including phenoxy) is 2. The molecule has 0 radical (unpaired) electrons. The zero-order chi connectivity index (χ0) is 15.9. The van der Waals surface area contributed by atoms with E-state index in [9.17, 15) is 4.79 Å². The van der Waals surface area contributed by atoms with Gasteiger partial charge in [0.2, 0.25) is 5.91 Å². The minimum atomic E-state index is -0.147. The number of benzene rings is 1. The van der Waals surface area contributed by atoms with Crippen molar-refractivity contribution in [3.8, 4) is 11.5 Å². The van der Waals surface area contributed by atoms with Gasteiger partial charge in [0.25, 0.3) is 0 Å². The summed E-state index contributed by atoms with van der Waals surface area (Å²) >= 11 is 0.